The Labute approximate surface area is 151 Å². The lowest BCUT2D eigenvalue weighted by Gasteiger charge is -2.17. The summed E-state index contributed by atoms with van der Waals surface area (Å²) in [6.45, 7) is 3.29. The van der Waals surface area contributed by atoms with E-state index in [0.29, 0.717) is 30.1 Å². The summed E-state index contributed by atoms with van der Waals surface area (Å²) in [5, 5.41) is 3.19. The first kappa shape index (κ1) is 16.9. The van der Waals surface area contributed by atoms with E-state index in [-0.39, 0.29) is 6.23 Å². The molecule has 3 aromatic rings. The van der Waals surface area contributed by atoms with Gasteiger partial charge in [0.25, 0.3) is 0 Å². The number of anilines is 1. The van der Waals surface area contributed by atoms with Crippen molar-refractivity contribution in [2.24, 2.45) is 0 Å². The van der Waals surface area contributed by atoms with Crippen LogP contribution < -0.4 is 5.32 Å². The first-order chi connectivity index (χ1) is 12.7. The van der Waals surface area contributed by atoms with Crippen LogP contribution in [-0.2, 0) is 11.3 Å². The highest BCUT2D eigenvalue weighted by Gasteiger charge is 2.20. The highest BCUT2D eigenvalue weighted by Crippen LogP contribution is 2.27. The first-order valence-electron chi connectivity index (χ1n) is 9.02. The number of fused-ring (bicyclic) bond motifs is 1. The minimum atomic E-state index is -0.764. The Morgan fingerprint density at radius 3 is 3.08 bits per heavy atom. The number of ether oxygens (including phenoxy) is 1. The smallest absolute Gasteiger partial charge is 0.312 e. The number of benzene rings is 1. The number of aromatic nitrogens is 4. The third-order valence-electron chi connectivity index (χ3n) is 4.65. The fraction of sp³-hybridized carbons (Fsp3) is 0.421. The molecule has 1 aromatic carbocycles. The van der Waals surface area contributed by atoms with Gasteiger partial charge in [-0.1, -0.05) is 36.2 Å². The molecule has 1 aliphatic heterocycles. The van der Waals surface area contributed by atoms with Crippen LogP contribution in [0.5, 0.6) is 0 Å². The molecular formula is C19H22FN5O. The molecule has 0 bridgehead atoms. The van der Waals surface area contributed by atoms with E-state index >= 15 is 0 Å². The highest BCUT2D eigenvalue weighted by molar-refractivity contribution is 5.82. The molecule has 0 spiro atoms. The number of hydrogen-bond acceptors (Lipinski definition) is 5. The summed E-state index contributed by atoms with van der Waals surface area (Å²) in [6, 6.07) is 8.15. The zero-order valence-corrected chi connectivity index (χ0v) is 14.8. The van der Waals surface area contributed by atoms with Crippen LogP contribution in [0, 0.1) is 13.0 Å². The van der Waals surface area contributed by atoms with Crippen molar-refractivity contribution in [1.82, 2.24) is 19.5 Å². The molecule has 2 aromatic heterocycles. The fourth-order valence-corrected chi connectivity index (χ4v) is 3.35. The summed E-state index contributed by atoms with van der Waals surface area (Å²) in [4.78, 5) is 12.3. The van der Waals surface area contributed by atoms with Gasteiger partial charge in [-0.15, -0.1) is 0 Å². The highest BCUT2D eigenvalue weighted by atomic mass is 19.1. The molecule has 7 heteroatoms. The molecule has 0 radical (unpaired) electrons. The molecule has 1 aliphatic rings. The van der Waals surface area contributed by atoms with Crippen molar-refractivity contribution in [3.8, 4) is 0 Å². The molecule has 0 saturated carbocycles. The average Bonchev–Trinajstić information content (AvgIpc) is 2.87. The minimum Gasteiger partial charge on any atom is -0.364 e. The maximum Gasteiger partial charge on any atom is 0.312 e. The average molecular weight is 355 g/mol. The van der Waals surface area contributed by atoms with Gasteiger partial charge >= 0.3 is 6.08 Å². The Bertz CT molecular complexity index is 902. The first-order valence-corrected chi connectivity index (χ1v) is 9.02. The van der Waals surface area contributed by atoms with Crippen molar-refractivity contribution >= 4 is 17.0 Å². The normalized spacial score (nSPS) is 18.0. The van der Waals surface area contributed by atoms with E-state index in [2.05, 4.69) is 26.3 Å². The standard InChI is InChI=1S/C19H22FN5O/c1-13-6-5-7-14(10-13)11-21-17-16-18(24-19(20)23-17)25(12-22-16)15-8-3-2-4-9-26-15/h5-7,10,12,15H,2-4,8-9,11H2,1H3,(H,21,23,24). The van der Waals surface area contributed by atoms with Crippen molar-refractivity contribution < 1.29 is 9.13 Å². The summed E-state index contributed by atoms with van der Waals surface area (Å²) < 4.78 is 21.8. The van der Waals surface area contributed by atoms with Gasteiger partial charge in [-0.05, 0) is 31.7 Å². The SMILES string of the molecule is Cc1cccc(CNc2nc(F)nc3c2ncn3C2CCCCCO2)c1. The molecule has 136 valence electrons. The molecule has 1 atom stereocenters. The third-order valence-corrected chi connectivity index (χ3v) is 4.65. The number of nitrogens with zero attached hydrogens (tertiary/aromatic N) is 4. The van der Waals surface area contributed by atoms with E-state index < -0.39 is 6.08 Å². The Kier molecular flexibility index (Phi) is 4.79. The molecule has 0 amide bonds. The molecular weight excluding hydrogens is 333 g/mol. The number of aryl methyl sites for hydroxylation is 1. The maximum absolute atomic E-state index is 14.0. The predicted molar refractivity (Wildman–Crippen MR) is 97.2 cm³/mol. The molecule has 26 heavy (non-hydrogen) atoms. The van der Waals surface area contributed by atoms with Gasteiger partial charge in [-0.2, -0.15) is 14.4 Å². The van der Waals surface area contributed by atoms with Gasteiger partial charge in [0.05, 0.1) is 6.33 Å². The van der Waals surface area contributed by atoms with Gasteiger partial charge in [0, 0.05) is 13.2 Å². The van der Waals surface area contributed by atoms with E-state index in [0.717, 1.165) is 31.2 Å². The summed E-state index contributed by atoms with van der Waals surface area (Å²) in [6.07, 6.45) is 4.92. The van der Waals surface area contributed by atoms with Crippen LogP contribution in [-0.4, -0.2) is 26.1 Å². The summed E-state index contributed by atoms with van der Waals surface area (Å²) in [5.41, 5.74) is 3.31. The van der Waals surface area contributed by atoms with Gasteiger partial charge in [0.15, 0.2) is 17.0 Å². The van der Waals surface area contributed by atoms with E-state index in [9.17, 15) is 4.39 Å². The molecule has 1 fully saturated rings. The van der Waals surface area contributed by atoms with Gasteiger partial charge < -0.3 is 10.1 Å². The summed E-state index contributed by atoms with van der Waals surface area (Å²) >= 11 is 0. The molecule has 4 rings (SSSR count). The van der Waals surface area contributed by atoms with Crippen molar-refractivity contribution in [3.05, 3.63) is 47.8 Å². The second kappa shape index (κ2) is 7.37. The topological polar surface area (TPSA) is 64.9 Å². The number of nitrogens with one attached hydrogen (secondary N) is 1. The molecule has 6 nitrogen and oxygen atoms in total. The summed E-state index contributed by atoms with van der Waals surface area (Å²) in [7, 11) is 0. The van der Waals surface area contributed by atoms with E-state index in [1.54, 1.807) is 6.33 Å². The van der Waals surface area contributed by atoms with Crippen LogP contribution >= 0.6 is 0 Å². The van der Waals surface area contributed by atoms with Crippen LogP contribution in [0.1, 0.15) is 43.0 Å². The lowest BCUT2D eigenvalue weighted by Crippen LogP contribution is -2.12. The molecule has 3 heterocycles. The van der Waals surface area contributed by atoms with Crippen LogP contribution in [0.3, 0.4) is 0 Å². The van der Waals surface area contributed by atoms with E-state index in [1.165, 1.54) is 5.56 Å². The molecule has 1 saturated heterocycles. The van der Waals surface area contributed by atoms with E-state index in [1.807, 2.05) is 29.7 Å². The van der Waals surface area contributed by atoms with Gasteiger partial charge in [0.2, 0.25) is 0 Å². The van der Waals surface area contributed by atoms with Gasteiger partial charge in [0.1, 0.15) is 6.23 Å². The van der Waals surface area contributed by atoms with E-state index in [4.69, 9.17) is 4.74 Å². The van der Waals surface area contributed by atoms with Crippen molar-refractivity contribution in [1.29, 1.82) is 0 Å². The van der Waals surface area contributed by atoms with Crippen LogP contribution in [0.15, 0.2) is 30.6 Å². The largest absolute Gasteiger partial charge is 0.364 e. The molecule has 0 aliphatic carbocycles. The molecule has 1 unspecified atom stereocenters. The number of imidazole rings is 1. The van der Waals surface area contributed by atoms with Crippen molar-refractivity contribution in [2.75, 3.05) is 11.9 Å². The Morgan fingerprint density at radius 2 is 2.19 bits per heavy atom. The zero-order chi connectivity index (χ0) is 17.9. The van der Waals surface area contributed by atoms with Gasteiger partial charge in [-0.25, -0.2) is 4.98 Å². The minimum absolute atomic E-state index is 0.151. The van der Waals surface area contributed by atoms with Crippen LogP contribution in [0.4, 0.5) is 10.2 Å². The Morgan fingerprint density at radius 1 is 1.27 bits per heavy atom. The van der Waals surface area contributed by atoms with Crippen LogP contribution in [0.25, 0.3) is 11.2 Å². The van der Waals surface area contributed by atoms with Crippen molar-refractivity contribution in [2.45, 2.75) is 45.4 Å². The second-order valence-corrected chi connectivity index (χ2v) is 6.68. The number of rotatable bonds is 4. The van der Waals surface area contributed by atoms with Gasteiger partial charge in [-0.3, -0.25) is 4.57 Å². The zero-order valence-electron chi connectivity index (χ0n) is 14.8. The van der Waals surface area contributed by atoms with Crippen LogP contribution in [0.2, 0.25) is 0 Å². The lowest BCUT2D eigenvalue weighted by molar-refractivity contribution is 0.00928. The Hall–Kier alpha value is -2.54. The quantitative estimate of drug-likeness (QED) is 0.717. The molecule has 1 N–H and O–H groups in total. The monoisotopic (exact) mass is 355 g/mol. The fourth-order valence-electron chi connectivity index (χ4n) is 3.35. The summed E-state index contributed by atoms with van der Waals surface area (Å²) in [5.74, 6) is 0.404. The number of halogens is 1. The van der Waals surface area contributed by atoms with Crippen molar-refractivity contribution in [3.63, 3.8) is 0 Å². The Balaban J connectivity index is 1.63. The maximum atomic E-state index is 14.0. The third kappa shape index (κ3) is 3.53. The predicted octanol–water partition coefficient (Wildman–Crippen LogP) is 3.98. The second-order valence-electron chi connectivity index (χ2n) is 6.68. The lowest BCUT2D eigenvalue weighted by atomic mass is 10.1. The number of hydrogen-bond donors (Lipinski definition) is 1.